The average molecular weight is 431 g/mol. The number of amides is 2. The summed E-state index contributed by atoms with van der Waals surface area (Å²) in [6.07, 6.45) is 0.993. The van der Waals surface area contributed by atoms with Crippen molar-refractivity contribution in [3.63, 3.8) is 0 Å². The number of nitrogens with one attached hydrogen (secondary N) is 2. The molecule has 0 aliphatic carbocycles. The van der Waals surface area contributed by atoms with Gasteiger partial charge >= 0.3 is 0 Å². The van der Waals surface area contributed by atoms with Crippen LogP contribution in [0.1, 0.15) is 34.0 Å². The molecule has 0 fully saturated rings. The topological polar surface area (TPSA) is 76.7 Å². The summed E-state index contributed by atoms with van der Waals surface area (Å²) in [5.41, 5.74) is 3.57. The number of para-hydroxylation sites is 1. The van der Waals surface area contributed by atoms with Gasteiger partial charge in [0.2, 0.25) is 5.91 Å². The molecule has 0 spiro atoms. The summed E-state index contributed by atoms with van der Waals surface area (Å²) in [4.78, 5) is 24.7. The van der Waals surface area contributed by atoms with Gasteiger partial charge in [-0.2, -0.15) is 0 Å². The Kier molecular flexibility index (Phi) is 7.15. The van der Waals surface area contributed by atoms with Gasteiger partial charge in [0.25, 0.3) is 5.91 Å². The second kappa shape index (κ2) is 10.6. The van der Waals surface area contributed by atoms with Crippen molar-refractivity contribution in [3.8, 4) is 5.75 Å². The molecule has 0 bridgehead atoms. The number of hydrogen-bond acceptors (Lipinski definition) is 4. The Bertz CT molecular complexity index is 1050. The number of carbonyl (C=O) groups is 2. The fourth-order valence-electron chi connectivity index (χ4n) is 3.64. The molecular weight excluding hydrogens is 404 g/mol. The average Bonchev–Trinajstić information content (AvgIpc) is 2.83. The third kappa shape index (κ3) is 5.74. The highest BCUT2D eigenvalue weighted by molar-refractivity contribution is 5.95. The van der Waals surface area contributed by atoms with E-state index in [1.807, 2.05) is 48.5 Å². The summed E-state index contributed by atoms with van der Waals surface area (Å²) >= 11 is 0. The Morgan fingerprint density at radius 1 is 0.938 bits per heavy atom. The van der Waals surface area contributed by atoms with Crippen molar-refractivity contribution < 1.29 is 19.1 Å². The van der Waals surface area contributed by atoms with Crippen molar-refractivity contribution in [2.24, 2.45) is 0 Å². The van der Waals surface area contributed by atoms with Crippen molar-refractivity contribution >= 4 is 17.5 Å². The van der Waals surface area contributed by atoms with Crippen molar-refractivity contribution in [2.45, 2.75) is 18.9 Å². The van der Waals surface area contributed by atoms with Gasteiger partial charge in [-0.15, -0.1) is 0 Å². The molecule has 0 saturated heterocycles. The van der Waals surface area contributed by atoms with Gasteiger partial charge in [0.05, 0.1) is 19.6 Å². The minimum absolute atomic E-state index is 0.138. The normalized spacial score (nSPS) is 14.8. The SMILES string of the molecule is O=C(CCOc1ccccc1)Nc1ccc(C(=O)NC[C@@H]2OCCc3ccccc32)cc1. The second-order valence-electron chi connectivity index (χ2n) is 7.56. The largest absolute Gasteiger partial charge is 0.493 e. The van der Waals surface area contributed by atoms with Crippen LogP contribution in [0, 0.1) is 0 Å². The first-order chi connectivity index (χ1) is 15.7. The van der Waals surface area contributed by atoms with Crippen LogP contribution in [-0.4, -0.2) is 31.6 Å². The van der Waals surface area contributed by atoms with Crippen LogP contribution in [0.2, 0.25) is 0 Å². The van der Waals surface area contributed by atoms with Gasteiger partial charge in [0.15, 0.2) is 0 Å². The smallest absolute Gasteiger partial charge is 0.251 e. The Morgan fingerprint density at radius 2 is 1.69 bits per heavy atom. The van der Waals surface area contributed by atoms with E-state index in [2.05, 4.69) is 16.7 Å². The lowest BCUT2D eigenvalue weighted by molar-refractivity contribution is -0.116. The molecule has 1 atom stereocenters. The summed E-state index contributed by atoms with van der Waals surface area (Å²) < 4.78 is 11.4. The molecule has 3 aromatic carbocycles. The first kappa shape index (κ1) is 21.6. The molecule has 1 aliphatic heterocycles. The lowest BCUT2D eigenvalue weighted by atomic mass is 9.97. The van der Waals surface area contributed by atoms with E-state index in [0.29, 0.717) is 31.0 Å². The maximum atomic E-state index is 12.5. The maximum absolute atomic E-state index is 12.5. The van der Waals surface area contributed by atoms with Crippen LogP contribution in [0.25, 0.3) is 0 Å². The van der Waals surface area contributed by atoms with Gasteiger partial charge in [-0.1, -0.05) is 42.5 Å². The zero-order valence-corrected chi connectivity index (χ0v) is 17.8. The highest BCUT2D eigenvalue weighted by atomic mass is 16.5. The number of anilines is 1. The van der Waals surface area contributed by atoms with E-state index in [1.165, 1.54) is 5.56 Å². The molecule has 3 aromatic rings. The number of rotatable bonds is 8. The van der Waals surface area contributed by atoms with Crippen LogP contribution in [0.3, 0.4) is 0 Å². The van der Waals surface area contributed by atoms with Crippen molar-refractivity contribution in [3.05, 3.63) is 95.6 Å². The van der Waals surface area contributed by atoms with Crippen LogP contribution in [0.15, 0.2) is 78.9 Å². The van der Waals surface area contributed by atoms with Gasteiger partial charge in [0, 0.05) is 17.8 Å². The highest BCUT2D eigenvalue weighted by Crippen LogP contribution is 2.26. The molecule has 0 saturated carbocycles. The Morgan fingerprint density at radius 3 is 2.50 bits per heavy atom. The predicted octanol–water partition coefficient (Wildman–Crippen LogP) is 4.14. The van der Waals surface area contributed by atoms with Crippen LogP contribution in [0.5, 0.6) is 5.75 Å². The molecule has 6 heteroatoms. The first-order valence-electron chi connectivity index (χ1n) is 10.7. The van der Waals surface area contributed by atoms with Crippen LogP contribution < -0.4 is 15.4 Å². The van der Waals surface area contributed by atoms with Gasteiger partial charge in [-0.3, -0.25) is 9.59 Å². The molecule has 32 heavy (non-hydrogen) atoms. The number of hydrogen-bond donors (Lipinski definition) is 2. The van der Waals surface area contributed by atoms with E-state index in [0.717, 1.165) is 17.7 Å². The number of carbonyl (C=O) groups excluding carboxylic acids is 2. The van der Waals surface area contributed by atoms with Gasteiger partial charge in [-0.05, 0) is 53.9 Å². The number of fused-ring (bicyclic) bond motifs is 1. The summed E-state index contributed by atoms with van der Waals surface area (Å²) in [7, 11) is 0. The predicted molar refractivity (Wildman–Crippen MR) is 123 cm³/mol. The highest BCUT2D eigenvalue weighted by Gasteiger charge is 2.21. The third-order valence-electron chi connectivity index (χ3n) is 5.31. The standard InChI is InChI=1S/C26H26N2O4/c29-25(15-17-31-22-7-2-1-3-8-22)28-21-12-10-20(11-13-21)26(30)27-18-24-23-9-5-4-6-19(23)14-16-32-24/h1-13,24H,14-18H2,(H,27,30)(H,28,29)/t24-/m0/s1. The molecule has 4 rings (SSSR count). The molecule has 2 N–H and O–H groups in total. The first-order valence-corrected chi connectivity index (χ1v) is 10.7. The summed E-state index contributed by atoms with van der Waals surface area (Å²) in [6.45, 7) is 1.36. The van der Waals surface area contributed by atoms with E-state index >= 15 is 0 Å². The minimum Gasteiger partial charge on any atom is -0.493 e. The molecule has 0 radical (unpaired) electrons. The second-order valence-corrected chi connectivity index (χ2v) is 7.56. The monoisotopic (exact) mass is 430 g/mol. The van der Waals surface area contributed by atoms with E-state index in [1.54, 1.807) is 24.3 Å². The maximum Gasteiger partial charge on any atom is 0.251 e. The molecule has 6 nitrogen and oxygen atoms in total. The molecule has 0 aromatic heterocycles. The molecular formula is C26H26N2O4. The fourth-order valence-corrected chi connectivity index (χ4v) is 3.64. The molecule has 1 heterocycles. The molecule has 2 amide bonds. The van der Waals surface area contributed by atoms with Crippen LogP contribution >= 0.6 is 0 Å². The van der Waals surface area contributed by atoms with Crippen LogP contribution in [0.4, 0.5) is 5.69 Å². The van der Waals surface area contributed by atoms with Crippen molar-refractivity contribution in [1.29, 1.82) is 0 Å². The fraction of sp³-hybridized carbons (Fsp3) is 0.231. The summed E-state index contributed by atoms with van der Waals surface area (Å²) in [5, 5.41) is 5.76. The van der Waals surface area contributed by atoms with Gasteiger partial charge in [-0.25, -0.2) is 0 Å². The summed E-state index contributed by atoms with van der Waals surface area (Å²) in [6, 6.07) is 24.4. The summed E-state index contributed by atoms with van der Waals surface area (Å²) in [5.74, 6) is 0.412. The Labute approximate surface area is 187 Å². The Balaban J connectivity index is 1.23. The Hall–Kier alpha value is -3.64. The number of ether oxygens (including phenoxy) is 2. The molecule has 164 valence electrons. The molecule has 1 aliphatic rings. The van der Waals surface area contributed by atoms with E-state index < -0.39 is 0 Å². The van der Waals surface area contributed by atoms with Gasteiger partial charge < -0.3 is 20.1 Å². The van der Waals surface area contributed by atoms with Crippen LogP contribution in [-0.2, 0) is 16.0 Å². The minimum atomic E-state index is -0.175. The lowest BCUT2D eigenvalue weighted by Crippen LogP contribution is -2.31. The van der Waals surface area contributed by atoms with Gasteiger partial charge in [0.1, 0.15) is 11.9 Å². The zero-order chi connectivity index (χ0) is 22.2. The van der Waals surface area contributed by atoms with Crippen molar-refractivity contribution in [1.82, 2.24) is 5.32 Å². The van der Waals surface area contributed by atoms with E-state index in [4.69, 9.17) is 9.47 Å². The van der Waals surface area contributed by atoms with E-state index in [9.17, 15) is 9.59 Å². The lowest BCUT2D eigenvalue weighted by Gasteiger charge is -2.26. The molecule has 0 unspecified atom stereocenters. The zero-order valence-electron chi connectivity index (χ0n) is 17.8. The van der Waals surface area contributed by atoms with Crippen molar-refractivity contribution in [2.75, 3.05) is 25.1 Å². The quantitative estimate of drug-likeness (QED) is 0.563. The van der Waals surface area contributed by atoms with E-state index in [-0.39, 0.29) is 24.3 Å². The third-order valence-corrected chi connectivity index (χ3v) is 5.31. The number of benzene rings is 3.